The minimum absolute atomic E-state index is 0.319. The van der Waals surface area contributed by atoms with Crippen molar-refractivity contribution >= 4 is 23.0 Å². The first kappa shape index (κ1) is 17.7. The van der Waals surface area contributed by atoms with Gasteiger partial charge in [0.25, 0.3) is 0 Å². The summed E-state index contributed by atoms with van der Waals surface area (Å²) in [5.41, 5.74) is 2.98. The van der Waals surface area contributed by atoms with Crippen molar-refractivity contribution in [3.8, 4) is 0 Å². The number of benzene rings is 3. The Morgan fingerprint density at radius 2 is 1.23 bits per heavy atom. The number of esters is 1. The fraction of sp³-hybridized carbons (Fsp3) is 0.174. The Balaban J connectivity index is 2.03. The molecule has 0 amide bonds. The molecule has 0 N–H and O–H groups in total. The summed E-state index contributed by atoms with van der Waals surface area (Å²) in [6.45, 7) is 5.61. The van der Waals surface area contributed by atoms with Crippen molar-refractivity contribution in [3.63, 3.8) is 0 Å². The number of ether oxygens (including phenoxy) is 1. The van der Waals surface area contributed by atoms with E-state index in [0.29, 0.717) is 5.56 Å². The molecular weight excluding hydrogens is 322 g/mol. The van der Waals surface area contributed by atoms with E-state index in [4.69, 9.17) is 4.74 Å². The molecule has 3 nitrogen and oxygen atoms in total. The highest BCUT2D eigenvalue weighted by Crippen LogP contribution is 2.34. The second-order valence-electron chi connectivity index (χ2n) is 7.06. The maximum Gasteiger partial charge on any atom is 0.338 e. The SMILES string of the molecule is CC(C)(C)OC(=O)c1cccc(N(c2ccccc2)c2ccccc2)c1. The second kappa shape index (κ2) is 7.44. The predicted octanol–water partition coefficient (Wildman–Crippen LogP) is 6.11. The smallest absolute Gasteiger partial charge is 0.338 e. The third kappa shape index (κ3) is 4.31. The Labute approximate surface area is 154 Å². The van der Waals surface area contributed by atoms with E-state index in [9.17, 15) is 4.79 Å². The monoisotopic (exact) mass is 345 g/mol. The molecule has 0 saturated carbocycles. The number of para-hydroxylation sites is 2. The van der Waals surface area contributed by atoms with Crippen molar-refractivity contribution in [2.24, 2.45) is 0 Å². The van der Waals surface area contributed by atoms with Gasteiger partial charge in [0.2, 0.25) is 0 Å². The van der Waals surface area contributed by atoms with Crippen LogP contribution in [0.4, 0.5) is 17.1 Å². The fourth-order valence-corrected chi connectivity index (χ4v) is 2.71. The molecule has 0 aliphatic heterocycles. The lowest BCUT2D eigenvalue weighted by atomic mass is 10.1. The molecule has 0 radical (unpaired) electrons. The number of hydrogen-bond donors (Lipinski definition) is 0. The molecule has 0 aromatic heterocycles. The molecule has 3 aromatic rings. The average molecular weight is 345 g/mol. The molecule has 0 spiro atoms. The number of carbonyl (C=O) groups excluding carboxylic acids is 1. The van der Waals surface area contributed by atoms with Gasteiger partial charge in [0.05, 0.1) is 5.56 Å². The van der Waals surface area contributed by atoms with Crippen LogP contribution in [0.25, 0.3) is 0 Å². The maximum absolute atomic E-state index is 12.5. The molecule has 132 valence electrons. The van der Waals surface area contributed by atoms with Crippen LogP contribution in [0.3, 0.4) is 0 Å². The second-order valence-corrected chi connectivity index (χ2v) is 7.06. The molecule has 0 aliphatic carbocycles. The van der Waals surface area contributed by atoms with Crippen LogP contribution in [-0.4, -0.2) is 11.6 Å². The summed E-state index contributed by atoms with van der Waals surface area (Å²) in [6, 6.07) is 27.7. The summed E-state index contributed by atoms with van der Waals surface area (Å²) in [5, 5.41) is 0. The standard InChI is InChI=1S/C23H23NO2/c1-23(2,3)26-22(25)18-11-10-16-21(17-18)24(19-12-6-4-7-13-19)20-14-8-5-9-15-20/h4-17H,1-3H3. The zero-order valence-electron chi connectivity index (χ0n) is 15.3. The number of carbonyl (C=O) groups is 1. The van der Waals surface area contributed by atoms with Gasteiger partial charge in [-0.3, -0.25) is 0 Å². The number of hydrogen-bond acceptors (Lipinski definition) is 3. The largest absolute Gasteiger partial charge is 0.456 e. The van der Waals surface area contributed by atoms with E-state index in [2.05, 4.69) is 4.90 Å². The molecule has 0 bridgehead atoms. The van der Waals surface area contributed by atoms with E-state index in [1.807, 2.05) is 99.6 Å². The Kier molecular flexibility index (Phi) is 5.08. The number of rotatable bonds is 4. The van der Waals surface area contributed by atoms with E-state index in [1.165, 1.54) is 0 Å². The lowest BCUT2D eigenvalue weighted by Gasteiger charge is -2.26. The Morgan fingerprint density at radius 3 is 1.73 bits per heavy atom. The molecule has 0 aliphatic rings. The van der Waals surface area contributed by atoms with E-state index in [0.717, 1.165) is 17.1 Å². The van der Waals surface area contributed by atoms with Gasteiger partial charge in [0.15, 0.2) is 0 Å². The van der Waals surface area contributed by atoms with Crippen LogP contribution in [0.2, 0.25) is 0 Å². The Morgan fingerprint density at radius 1 is 0.731 bits per heavy atom. The Bertz CT molecular complexity index is 828. The molecule has 0 atom stereocenters. The number of anilines is 3. The molecule has 3 rings (SSSR count). The molecular formula is C23H23NO2. The summed E-state index contributed by atoms with van der Waals surface area (Å²) in [5.74, 6) is -0.319. The first-order valence-electron chi connectivity index (χ1n) is 8.68. The van der Waals surface area contributed by atoms with Gasteiger partial charge in [-0.05, 0) is 63.2 Å². The van der Waals surface area contributed by atoms with Gasteiger partial charge < -0.3 is 9.64 Å². The van der Waals surface area contributed by atoms with Gasteiger partial charge in [-0.2, -0.15) is 0 Å². The zero-order chi connectivity index (χ0) is 18.6. The first-order valence-corrected chi connectivity index (χ1v) is 8.68. The normalized spacial score (nSPS) is 11.0. The quantitative estimate of drug-likeness (QED) is 0.534. The lowest BCUT2D eigenvalue weighted by Crippen LogP contribution is -2.24. The van der Waals surface area contributed by atoms with Crippen molar-refractivity contribution in [2.45, 2.75) is 26.4 Å². The minimum atomic E-state index is -0.522. The van der Waals surface area contributed by atoms with Crippen molar-refractivity contribution < 1.29 is 9.53 Å². The summed E-state index contributed by atoms with van der Waals surface area (Å²) in [6.07, 6.45) is 0. The topological polar surface area (TPSA) is 29.5 Å². The van der Waals surface area contributed by atoms with Crippen LogP contribution < -0.4 is 4.90 Å². The Hall–Kier alpha value is -3.07. The van der Waals surface area contributed by atoms with Gasteiger partial charge in [0.1, 0.15) is 5.60 Å². The van der Waals surface area contributed by atoms with Gasteiger partial charge in [-0.15, -0.1) is 0 Å². The lowest BCUT2D eigenvalue weighted by molar-refractivity contribution is 0.00696. The van der Waals surface area contributed by atoms with Crippen LogP contribution in [0.5, 0.6) is 0 Å². The van der Waals surface area contributed by atoms with Crippen LogP contribution in [0, 0.1) is 0 Å². The third-order valence-electron chi connectivity index (χ3n) is 3.77. The minimum Gasteiger partial charge on any atom is -0.456 e. The van der Waals surface area contributed by atoms with Gasteiger partial charge in [0, 0.05) is 17.1 Å². The molecule has 0 heterocycles. The van der Waals surface area contributed by atoms with E-state index in [-0.39, 0.29) is 5.97 Å². The fourth-order valence-electron chi connectivity index (χ4n) is 2.71. The van der Waals surface area contributed by atoms with Crippen molar-refractivity contribution in [1.29, 1.82) is 0 Å². The molecule has 0 saturated heterocycles. The van der Waals surface area contributed by atoms with Gasteiger partial charge in [-0.25, -0.2) is 4.79 Å². The summed E-state index contributed by atoms with van der Waals surface area (Å²) in [7, 11) is 0. The zero-order valence-corrected chi connectivity index (χ0v) is 15.3. The molecule has 26 heavy (non-hydrogen) atoms. The first-order chi connectivity index (χ1) is 12.4. The van der Waals surface area contributed by atoms with Crippen LogP contribution in [0.1, 0.15) is 31.1 Å². The molecule has 3 heteroatoms. The van der Waals surface area contributed by atoms with Gasteiger partial charge in [-0.1, -0.05) is 42.5 Å². The van der Waals surface area contributed by atoms with Crippen LogP contribution in [0.15, 0.2) is 84.9 Å². The summed E-state index contributed by atoms with van der Waals surface area (Å²) >= 11 is 0. The van der Waals surface area contributed by atoms with Crippen LogP contribution in [-0.2, 0) is 4.74 Å². The van der Waals surface area contributed by atoms with Crippen molar-refractivity contribution in [2.75, 3.05) is 4.90 Å². The third-order valence-corrected chi connectivity index (χ3v) is 3.77. The van der Waals surface area contributed by atoms with E-state index < -0.39 is 5.60 Å². The van der Waals surface area contributed by atoms with Crippen molar-refractivity contribution in [3.05, 3.63) is 90.5 Å². The van der Waals surface area contributed by atoms with E-state index >= 15 is 0 Å². The highest BCUT2D eigenvalue weighted by molar-refractivity contribution is 5.92. The molecule has 3 aromatic carbocycles. The molecule has 0 unspecified atom stereocenters. The van der Waals surface area contributed by atoms with Crippen molar-refractivity contribution in [1.82, 2.24) is 0 Å². The summed E-state index contributed by atoms with van der Waals surface area (Å²) < 4.78 is 5.51. The van der Waals surface area contributed by atoms with Crippen LogP contribution >= 0.6 is 0 Å². The highest BCUT2D eigenvalue weighted by Gasteiger charge is 2.19. The van der Waals surface area contributed by atoms with E-state index in [1.54, 1.807) is 6.07 Å². The summed E-state index contributed by atoms with van der Waals surface area (Å²) in [4.78, 5) is 14.6. The highest BCUT2D eigenvalue weighted by atomic mass is 16.6. The molecule has 0 fully saturated rings. The predicted molar refractivity (Wildman–Crippen MR) is 106 cm³/mol. The maximum atomic E-state index is 12.5. The average Bonchev–Trinajstić information content (AvgIpc) is 2.63. The van der Waals surface area contributed by atoms with Gasteiger partial charge >= 0.3 is 5.97 Å². The number of nitrogens with zero attached hydrogens (tertiary/aromatic N) is 1.